The largest absolute Gasteiger partial charge is 0.444 e. The second-order valence-corrected chi connectivity index (χ2v) is 13.4. The Morgan fingerprint density at radius 1 is 1.18 bits per heavy atom. The molecule has 0 unspecified atom stereocenters. The van der Waals surface area contributed by atoms with Gasteiger partial charge in [0.15, 0.2) is 5.13 Å². The first-order valence-corrected chi connectivity index (χ1v) is 15.4. The molecule has 0 spiro atoms. The quantitative estimate of drug-likeness (QED) is 0.226. The third-order valence-corrected chi connectivity index (χ3v) is 9.30. The molecular weight excluding hydrogens is 559 g/mol. The van der Waals surface area contributed by atoms with E-state index in [1.807, 2.05) is 44.2 Å². The molecular formula is C26H31N5O5S3. The Labute approximate surface area is 235 Å². The number of aliphatic hydroxyl groups is 1. The molecule has 39 heavy (non-hydrogen) atoms. The van der Waals surface area contributed by atoms with Crippen molar-refractivity contribution in [3.63, 3.8) is 0 Å². The summed E-state index contributed by atoms with van der Waals surface area (Å²) in [7, 11) is -3.99. The Kier molecular flexibility index (Phi) is 9.51. The zero-order chi connectivity index (χ0) is 28.0. The maximum Gasteiger partial charge on any atom is 0.407 e. The molecule has 1 amide bonds. The average Bonchev–Trinajstić information content (AvgIpc) is 3.55. The van der Waals surface area contributed by atoms with E-state index in [-0.39, 0.29) is 36.9 Å². The number of amides is 1. The fourth-order valence-electron chi connectivity index (χ4n) is 4.04. The number of aromatic nitrogens is 2. The third-order valence-electron chi connectivity index (χ3n) is 5.87. The van der Waals surface area contributed by atoms with Crippen LogP contribution in [0.4, 0.5) is 9.93 Å². The molecule has 4 aromatic rings. The molecule has 13 heteroatoms. The van der Waals surface area contributed by atoms with E-state index in [9.17, 15) is 18.3 Å². The van der Waals surface area contributed by atoms with Crippen molar-refractivity contribution in [2.75, 3.05) is 18.8 Å². The number of alkyl carbamates (subject to hydrolysis) is 1. The lowest BCUT2D eigenvalue weighted by molar-refractivity contribution is 0.0876. The second kappa shape index (κ2) is 12.8. The number of nitrogens with two attached hydrogens (primary N) is 1. The van der Waals surface area contributed by atoms with Crippen LogP contribution in [0.5, 0.6) is 0 Å². The maximum atomic E-state index is 13.7. The number of anilines is 1. The van der Waals surface area contributed by atoms with Gasteiger partial charge in [-0.05, 0) is 36.1 Å². The molecule has 0 aliphatic rings. The highest BCUT2D eigenvalue weighted by Crippen LogP contribution is 2.28. The number of rotatable bonds is 12. The topological polar surface area (TPSA) is 148 Å². The van der Waals surface area contributed by atoms with Crippen molar-refractivity contribution in [1.82, 2.24) is 19.6 Å². The minimum absolute atomic E-state index is 0.0142. The van der Waals surface area contributed by atoms with Crippen LogP contribution in [-0.2, 0) is 27.8 Å². The number of fused-ring (bicyclic) bond motifs is 1. The van der Waals surface area contributed by atoms with Crippen molar-refractivity contribution in [2.45, 2.75) is 43.9 Å². The number of carbonyl (C=O) groups excluding carboxylic acids is 1. The molecule has 4 rings (SSSR count). The van der Waals surface area contributed by atoms with E-state index in [1.165, 1.54) is 33.0 Å². The van der Waals surface area contributed by atoms with Gasteiger partial charge in [0, 0.05) is 19.3 Å². The van der Waals surface area contributed by atoms with Crippen molar-refractivity contribution < 1.29 is 23.1 Å². The van der Waals surface area contributed by atoms with Crippen LogP contribution < -0.4 is 11.1 Å². The summed E-state index contributed by atoms with van der Waals surface area (Å²) in [6.45, 7) is 3.80. The minimum atomic E-state index is -3.99. The maximum absolute atomic E-state index is 13.7. The first kappa shape index (κ1) is 28.9. The molecule has 208 valence electrons. The van der Waals surface area contributed by atoms with Crippen LogP contribution in [0.25, 0.3) is 10.2 Å². The van der Waals surface area contributed by atoms with E-state index in [0.717, 1.165) is 10.4 Å². The number of ether oxygens (including phenoxy) is 1. The summed E-state index contributed by atoms with van der Waals surface area (Å²) in [5.41, 5.74) is 8.93. The van der Waals surface area contributed by atoms with E-state index in [0.29, 0.717) is 15.3 Å². The smallest absolute Gasteiger partial charge is 0.407 e. The Bertz CT molecular complexity index is 1480. The van der Waals surface area contributed by atoms with Gasteiger partial charge in [0.2, 0.25) is 10.0 Å². The average molecular weight is 590 g/mol. The Hall–Kier alpha value is -3.10. The number of nitrogens with zero attached hydrogens (tertiary/aromatic N) is 3. The van der Waals surface area contributed by atoms with Crippen LogP contribution in [0.2, 0.25) is 0 Å². The van der Waals surface area contributed by atoms with E-state index in [1.54, 1.807) is 23.8 Å². The summed E-state index contributed by atoms with van der Waals surface area (Å²) in [4.78, 5) is 21.7. The highest BCUT2D eigenvalue weighted by atomic mass is 32.2. The molecule has 0 saturated heterocycles. The Morgan fingerprint density at radius 3 is 2.64 bits per heavy atom. The number of carbonyl (C=O) groups is 1. The summed E-state index contributed by atoms with van der Waals surface area (Å²) < 4.78 is 34.7. The summed E-state index contributed by atoms with van der Waals surface area (Å²) in [6, 6.07) is 13.2. The number of hydrogen-bond acceptors (Lipinski definition) is 10. The summed E-state index contributed by atoms with van der Waals surface area (Å²) in [5, 5.41) is 14.4. The molecule has 2 heterocycles. The predicted octanol–water partition coefficient (Wildman–Crippen LogP) is 3.88. The predicted molar refractivity (Wildman–Crippen MR) is 153 cm³/mol. The Balaban J connectivity index is 1.55. The van der Waals surface area contributed by atoms with Crippen LogP contribution in [0.15, 0.2) is 65.1 Å². The zero-order valence-corrected chi connectivity index (χ0v) is 24.0. The normalized spacial score (nSPS) is 13.6. The van der Waals surface area contributed by atoms with E-state index in [2.05, 4.69) is 15.3 Å². The summed E-state index contributed by atoms with van der Waals surface area (Å²) in [6.07, 6.45) is -0.0486. The monoisotopic (exact) mass is 589 g/mol. The van der Waals surface area contributed by atoms with Gasteiger partial charge in [-0.25, -0.2) is 18.2 Å². The van der Waals surface area contributed by atoms with Gasteiger partial charge in [0.1, 0.15) is 6.61 Å². The van der Waals surface area contributed by atoms with Crippen LogP contribution in [0.3, 0.4) is 0 Å². The van der Waals surface area contributed by atoms with Crippen LogP contribution in [0, 0.1) is 5.92 Å². The lowest BCUT2D eigenvalue weighted by Crippen LogP contribution is -2.51. The van der Waals surface area contributed by atoms with Crippen molar-refractivity contribution >= 4 is 54.1 Å². The lowest BCUT2D eigenvalue weighted by atomic mass is 10.0. The van der Waals surface area contributed by atoms with Gasteiger partial charge < -0.3 is 20.9 Å². The SMILES string of the molecule is CC(C)CN(C[C@@H](O)[C@H](Cc1ccccc1)NC(=O)OCc1cncs1)S(=O)(=O)c1ccc2nc(N)sc2c1. The van der Waals surface area contributed by atoms with Gasteiger partial charge in [-0.15, -0.1) is 11.3 Å². The van der Waals surface area contributed by atoms with E-state index < -0.39 is 28.3 Å². The molecule has 2 atom stereocenters. The molecule has 0 bridgehead atoms. The van der Waals surface area contributed by atoms with Gasteiger partial charge >= 0.3 is 6.09 Å². The van der Waals surface area contributed by atoms with E-state index >= 15 is 0 Å². The number of hydrogen-bond donors (Lipinski definition) is 3. The number of nitrogens with one attached hydrogen (secondary N) is 1. The second-order valence-electron chi connectivity index (χ2n) is 9.45. The molecule has 0 saturated carbocycles. The third kappa shape index (κ3) is 7.73. The standard InChI is InChI=1S/C26H31N5O5S3/c1-17(2)13-31(39(34,35)20-8-9-21-24(11-20)38-25(27)29-21)14-23(32)22(10-18-6-4-3-5-7-18)30-26(33)36-15-19-12-28-16-37-19/h3-9,11-12,16-17,22-23,32H,10,13-15H2,1-2H3,(H2,27,29)(H,30,33)/t22-,23+/m0/s1. The highest BCUT2D eigenvalue weighted by molar-refractivity contribution is 7.89. The summed E-state index contributed by atoms with van der Waals surface area (Å²) >= 11 is 2.57. The van der Waals surface area contributed by atoms with Gasteiger partial charge in [-0.3, -0.25) is 4.98 Å². The molecule has 4 N–H and O–H groups in total. The first-order valence-electron chi connectivity index (χ1n) is 12.3. The first-order chi connectivity index (χ1) is 18.6. The number of sulfonamides is 1. The molecule has 0 radical (unpaired) electrons. The lowest BCUT2D eigenvalue weighted by Gasteiger charge is -2.30. The van der Waals surface area contributed by atoms with Crippen molar-refractivity contribution in [3.05, 3.63) is 70.7 Å². The van der Waals surface area contributed by atoms with Crippen LogP contribution in [0.1, 0.15) is 24.3 Å². The number of nitrogen functional groups attached to an aromatic ring is 1. The minimum Gasteiger partial charge on any atom is -0.444 e. The number of thiazole rings is 2. The molecule has 0 aliphatic carbocycles. The molecule has 0 fully saturated rings. The van der Waals surface area contributed by atoms with Gasteiger partial charge in [-0.2, -0.15) is 4.31 Å². The van der Waals surface area contributed by atoms with Gasteiger partial charge in [0.05, 0.1) is 37.6 Å². The molecule has 2 aromatic heterocycles. The Morgan fingerprint density at radius 2 is 1.95 bits per heavy atom. The fraction of sp³-hybridized carbons (Fsp3) is 0.346. The molecule has 10 nitrogen and oxygen atoms in total. The van der Waals surface area contributed by atoms with E-state index in [4.69, 9.17) is 10.5 Å². The zero-order valence-electron chi connectivity index (χ0n) is 21.6. The van der Waals surface area contributed by atoms with Gasteiger partial charge in [-0.1, -0.05) is 55.5 Å². The highest BCUT2D eigenvalue weighted by Gasteiger charge is 2.32. The summed E-state index contributed by atoms with van der Waals surface area (Å²) in [5.74, 6) is -0.0142. The number of aliphatic hydroxyl groups excluding tert-OH is 1. The molecule has 2 aromatic carbocycles. The van der Waals surface area contributed by atoms with Crippen LogP contribution >= 0.6 is 22.7 Å². The number of benzene rings is 2. The van der Waals surface area contributed by atoms with Crippen molar-refractivity contribution in [3.8, 4) is 0 Å². The fourth-order valence-corrected chi connectivity index (χ4v) is 7.04. The van der Waals surface area contributed by atoms with Crippen molar-refractivity contribution in [1.29, 1.82) is 0 Å². The van der Waals surface area contributed by atoms with Crippen molar-refractivity contribution in [2.24, 2.45) is 5.92 Å². The molecule has 0 aliphatic heterocycles. The van der Waals surface area contributed by atoms with Gasteiger partial charge in [0.25, 0.3) is 0 Å². The van der Waals surface area contributed by atoms with Crippen LogP contribution in [-0.4, -0.2) is 59.1 Å².